The quantitative estimate of drug-likeness (QED) is 0.279. The van der Waals surface area contributed by atoms with Crippen LogP contribution in [0.1, 0.15) is 23.1 Å². The van der Waals surface area contributed by atoms with Gasteiger partial charge in [0, 0.05) is 7.11 Å². The predicted octanol–water partition coefficient (Wildman–Crippen LogP) is 0.889. The molecule has 0 spiro atoms. The van der Waals surface area contributed by atoms with Crippen molar-refractivity contribution >= 4 is 5.97 Å². The van der Waals surface area contributed by atoms with Gasteiger partial charge >= 0.3 is 5.97 Å². The molecule has 0 aliphatic heterocycles. The maximum absolute atomic E-state index is 12.0. The Kier molecular flexibility index (Phi) is 11.3. The van der Waals surface area contributed by atoms with Crippen LogP contribution in [0.2, 0.25) is 0 Å². The number of hydrogen-bond acceptors (Lipinski definition) is 7. The van der Waals surface area contributed by atoms with Gasteiger partial charge in [-0.1, -0.05) is 5.92 Å². The fraction of sp³-hybridized carbons (Fsp3) is 0.647. The van der Waals surface area contributed by atoms with Gasteiger partial charge < -0.3 is 23.7 Å². The number of carbonyl (C=O) groups excluding carboxylic acids is 1. The van der Waals surface area contributed by atoms with Crippen LogP contribution < -0.4 is 0 Å². The van der Waals surface area contributed by atoms with E-state index in [0.717, 1.165) is 0 Å². The van der Waals surface area contributed by atoms with Crippen LogP contribution in [0.5, 0.6) is 0 Å². The number of rotatable bonds is 14. The maximum atomic E-state index is 12.0. The highest BCUT2D eigenvalue weighted by molar-refractivity contribution is 5.87. The number of esters is 1. The van der Waals surface area contributed by atoms with Crippen LogP contribution >= 0.6 is 0 Å². The summed E-state index contributed by atoms with van der Waals surface area (Å²) in [4.78, 5) is 12.0. The van der Waals surface area contributed by atoms with Crippen molar-refractivity contribution < 1.29 is 28.5 Å². The van der Waals surface area contributed by atoms with E-state index in [2.05, 4.69) is 11.0 Å². The Bertz CT molecular complexity index is 538. The first-order valence-electron chi connectivity index (χ1n) is 8.12. The summed E-state index contributed by atoms with van der Waals surface area (Å²) >= 11 is 0. The predicted molar refractivity (Wildman–Crippen MR) is 90.2 cm³/mol. The molecule has 0 bridgehead atoms. The molecule has 0 radical (unpaired) electrons. The minimum absolute atomic E-state index is 0.289. The van der Waals surface area contributed by atoms with Crippen molar-refractivity contribution in [2.75, 3.05) is 53.4 Å². The average molecular weight is 354 g/mol. The molecule has 25 heavy (non-hydrogen) atoms. The average Bonchev–Trinajstić information content (AvgIpc) is 3.00. The standard InChI is InChI=1S/C17H26N2O6/c1-4-7-22-9-11-24-12-10-23-8-6-19-16(17(20)25-5-2)13-15(18-19)14-21-3/h1,13H,5-12,14H2,2-3H3. The highest BCUT2D eigenvalue weighted by atomic mass is 16.5. The monoisotopic (exact) mass is 354 g/mol. The van der Waals surface area contributed by atoms with E-state index in [0.29, 0.717) is 64.2 Å². The normalized spacial score (nSPS) is 10.6. The van der Waals surface area contributed by atoms with Gasteiger partial charge in [-0.05, 0) is 13.0 Å². The first-order valence-corrected chi connectivity index (χ1v) is 8.12. The first-order chi connectivity index (χ1) is 12.2. The van der Waals surface area contributed by atoms with E-state index < -0.39 is 5.97 Å². The summed E-state index contributed by atoms with van der Waals surface area (Å²) in [6, 6.07) is 1.67. The van der Waals surface area contributed by atoms with Crippen molar-refractivity contribution in [1.82, 2.24) is 9.78 Å². The van der Waals surface area contributed by atoms with Crippen LogP contribution in [-0.4, -0.2) is 69.1 Å². The van der Waals surface area contributed by atoms with Gasteiger partial charge in [-0.25, -0.2) is 4.79 Å². The molecule has 8 nitrogen and oxygen atoms in total. The lowest BCUT2D eigenvalue weighted by Crippen LogP contribution is -2.17. The Morgan fingerprint density at radius 2 is 1.88 bits per heavy atom. The van der Waals surface area contributed by atoms with Crippen LogP contribution in [0.25, 0.3) is 0 Å². The van der Waals surface area contributed by atoms with Crippen LogP contribution in [0.15, 0.2) is 6.07 Å². The summed E-state index contributed by atoms with van der Waals surface area (Å²) in [5.41, 5.74) is 1.06. The van der Waals surface area contributed by atoms with Crippen LogP contribution in [0.3, 0.4) is 0 Å². The molecule has 0 aromatic carbocycles. The minimum atomic E-state index is -0.410. The molecule has 0 aliphatic rings. The highest BCUT2D eigenvalue weighted by Gasteiger charge is 2.16. The number of nitrogens with zero attached hydrogens (tertiary/aromatic N) is 2. The molecule has 140 valence electrons. The maximum Gasteiger partial charge on any atom is 0.356 e. The third kappa shape index (κ3) is 8.65. The zero-order valence-electron chi connectivity index (χ0n) is 14.9. The topological polar surface area (TPSA) is 81.0 Å². The van der Waals surface area contributed by atoms with E-state index >= 15 is 0 Å². The summed E-state index contributed by atoms with van der Waals surface area (Å²) in [6.07, 6.45) is 5.06. The largest absolute Gasteiger partial charge is 0.461 e. The van der Waals surface area contributed by atoms with Gasteiger partial charge in [0.15, 0.2) is 0 Å². The second kappa shape index (κ2) is 13.4. The number of hydrogen-bond donors (Lipinski definition) is 0. The Hall–Kier alpha value is -1.92. The van der Waals surface area contributed by atoms with E-state index in [-0.39, 0.29) is 6.61 Å². The Balaban J connectivity index is 2.29. The lowest BCUT2D eigenvalue weighted by atomic mass is 10.3. The van der Waals surface area contributed by atoms with Gasteiger partial charge in [-0.3, -0.25) is 4.68 Å². The Morgan fingerprint density at radius 1 is 1.20 bits per heavy atom. The number of ether oxygens (including phenoxy) is 5. The molecule has 8 heteroatoms. The molecule has 1 aromatic heterocycles. The lowest BCUT2D eigenvalue weighted by molar-refractivity contribution is 0.0178. The fourth-order valence-electron chi connectivity index (χ4n) is 1.95. The molecule has 0 amide bonds. The Labute approximate surface area is 148 Å². The molecule has 0 saturated heterocycles. The second-order valence-corrected chi connectivity index (χ2v) is 4.88. The van der Waals surface area contributed by atoms with E-state index in [1.807, 2.05) is 0 Å². The first kappa shape index (κ1) is 21.1. The summed E-state index contributed by atoms with van der Waals surface area (Å²) in [5, 5.41) is 4.33. The molecule has 0 saturated carbocycles. The molecule has 1 heterocycles. The summed E-state index contributed by atoms with van der Waals surface area (Å²) in [6.45, 7) is 5.35. The van der Waals surface area contributed by atoms with Gasteiger partial charge in [-0.15, -0.1) is 6.42 Å². The molecule has 1 rings (SSSR count). The molecular weight excluding hydrogens is 328 g/mol. The Morgan fingerprint density at radius 3 is 2.52 bits per heavy atom. The van der Waals surface area contributed by atoms with Gasteiger partial charge in [-0.2, -0.15) is 5.10 Å². The van der Waals surface area contributed by atoms with Gasteiger partial charge in [0.2, 0.25) is 0 Å². The molecule has 0 unspecified atom stereocenters. The number of methoxy groups -OCH3 is 1. The van der Waals surface area contributed by atoms with Crippen molar-refractivity contribution in [3.63, 3.8) is 0 Å². The van der Waals surface area contributed by atoms with Crippen LogP contribution in [0.4, 0.5) is 0 Å². The number of carbonyl (C=O) groups is 1. The zero-order chi connectivity index (χ0) is 18.3. The second-order valence-electron chi connectivity index (χ2n) is 4.88. The van der Waals surface area contributed by atoms with Crippen molar-refractivity contribution in [3.8, 4) is 12.3 Å². The van der Waals surface area contributed by atoms with Crippen molar-refractivity contribution in [1.29, 1.82) is 0 Å². The van der Waals surface area contributed by atoms with E-state index in [1.165, 1.54) is 0 Å². The highest BCUT2D eigenvalue weighted by Crippen LogP contribution is 2.08. The zero-order valence-corrected chi connectivity index (χ0v) is 14.9. The molecule has 0 N–H and O–H groups in total. The van der Waals surface area contributed by atoms with Crippen molar-refractivity contribution in [2.24, 2.45) is 0 Å². The third-order valence-electron chi connectivity index (χ3n) is 2.98. The van der Waals surface area contributed by atoms with Gasteiger partial charge in [0.1, 0.15) is 12.3 Å². The number of aromatic nitrogens is 2. The molecule has 0 atom stereocenters. The van der Waals surface area contributed by atoms with Crippen molar-refractivity contribution in [3.05, 3.63) is 17.5 Å². The lowest BCUT2D eigenvalue weighted by Gasteiger charge is -2.08. The summed E-state index contributed by atoms with van der Waals surface area (Å²) in [5.74, 6) is 1.97. The minimum Gasteiger partial charge on any atom is -0.461 e. The van der Waals surface area contributed by atoms with Crippen LogP contribution in [0, 0.1) is 12.3 Å². The van der Waals surface area contributed by atoms with E-state index in [1.54, 1.807) is 24.8 Å². The SMILES string of the molecule is C#CCOCCOCCOCCn1nc(COC)cc1C(=O)OCC. The van der Waals surface area contributed by atoms with E-state index in [9.17, 15) is 4.79 Å². The fourth-order valence-corrected chi connectivity index (χ4v) is 1.95. The smallest absolute Gasteiger partial charge is 0.356 e. The number of terminal acetylenes is 1. The van der Waals surface area contributed by atoms with E-state index in [4.69, 9.17) is 30.1 Å². The van der Waals surface area contributed by atoms with Crippen LogP contribution in [-0.2, 0) is 36.8 Å². The molecule has 1 aromatic rings. The molecular formula is C17H26N2O6. The van der Waals surface area contributed by atoms with Gasteiger partial charge in [0.25, 0.3) is 0 Å². The van der Waals surface area contributed by atoms with Crippen molar-refractivity contribution in [2.45, 2.75) is 20.1 Å². The third-order valence-corrected chi connectivity index (χ3v) is 2.98. The summed E-state index contributed by atoms with van der Waals surface area (Å²) < 4.78 is 27.5. The molecule has 0 fully saturated rings. The molecule has 0 aliphatic carbocycles. The summed E-state index contributed by atoms with van der Waals surface area (Å²) in [7, 11) is 1.57. The van der Waals surface area contributed by atoms with Gasteiger partial charge in [0.05, 0.1) is 58.5 Å².